The molecule has 17 heavy (non-hydrogen) atoms. The summed E-state index contributed by atoms with van der Waals surface area (Å²) in [6, 6.07) is 4.00. The van der Waals surface area contributed by atoms with E-state index >= 15 is 0 Å². The zero-order valence-corrected chi connectivity index (χ0v) is 10.3. The van der Waals surface area contributed by atoms with E-state index in [-0.39, 0.29) is 11.6 Å². The van der Waals surface area contributed by atoms with Crippen molar-refractivity contribution in [3.05, 3.63) is 29.6 Å². The van der Waals surface area contributed by atoms with Crippen molar-refractivity contribution in [1.82, 2.24) is 4.90 Å². The molecule has 1 aromatic carbocycles. The Bertz CT molecular complexity index is 397. The molecule has 1 heterocycles. The van der Waals surface area contributed by atoms with E-state index in [9.17, 15) is 9.18 Å². The van der Waals surface area contributed by atoms with Crippen molar-refractivity contribution >= 4 is 23.4 Å². The van der Waals surface area contributed by atoms with Gasteiger partial charge in [-0.2, -0.15) is 11.8 Å². The Balaban J connectivity index is 2.17. The fourth-order valence-corrected chi connectivity index (χ4v) is 2.75. The summed E-state index contributed by atoms with van der Waals surface area (Å²) in [6.07, 6.45) is 0.987. The molecule has 2 N–H and O–H groups in total. The number of anilines is 1. The van der Waals surface area contributed by atoms with Gasteiger partial charge in [-0.1, -0.05) is 0 Å². The van der Waals surface area contributed by atoms with Gasteiger partial charge < -0.3 is 10.6 Å². The van der Waals surface area contributed by atoms with E-state index in [1.165, 1.54) is 18.2 Å². The van der Waals surface area contributed by atoms with Crippen LogP contribution >= 0.6 is 11.8 Å². The molecule has 5 heteroatoms. The van der Waals surface area contributed by atoms with Gasteiger partial charge in [0.15, 0.2) is 0 Å². The molecular weight excluding hydrogens is 239 g/mol. The first-order chi connectivity index (χ1) is 8.16. The van der Waals surface area contributed by atoms with Crippen LogP contribution in [0.1, 0.15) is 16.8 Å². The normalized spacial score (nSPS) is 16.6. The molecule has 1 saturated heterocycles. The van der Waals surface area contributed by atoms with Crippen molar-refractivity contribution in [2.24, 2.45) is 0 Å². The summed E-state index contributed by atoms with van der Waals surface area (Å²) < 4.78 is 13.2. The highest BCUT2D eigenvalue weighted by Gasteiger charge is 2.18. The van der Waals surface area contributed by atoms with Gasteiger partial charge in [-0.25, -0.2) is 4.39 Å². The number of nitrogens with two attached hydrogens (primary N) is 1. The first-order valence-corrected chi connectivity index (χ1v) is 6.75. The summed E-state index contributed by atoms with van der Waals surface area (Å²) in [5.41, 5.74) is 6.17. The van der Waals surface area contributed by atoms with Crippen molar-refractivity contribution in [1.29, 1.82) is 0 Å². The SMILES string of the molecule is Nc1cc(F)cc(C(=O)N2CCCSCC2)c1. The highest BCUT2D eigenvalue weighted by molar-refractivity contribution is 7.99. The van der Waals surface area contributed by atoms with E-state index in [0.717, 1.165) is 31.0 Å². The van der Waals surface area contributed by atoms with Gasteiger partial charge in [-0.15, -0.1) is 0 Å². The van der Waals surface area contributed by atoms with Crippen LogP contribution in [0.3, 0.4) is 0 Å². The molecule has 0 saturated carbocycles. The van der Waals surface area contributed by atoms with Gasteiger partial charge >= 0.3 is 0 Å². The van der Waals surface area contributed by atoms with E-state index in [1.54, 1.807) is 4.90 Å². The Hall–Kier alpha value is -1.23. The van der Waals surface area contributed by atoms with Gasteiger partial charge in [0.25, 0.3) is 5.91 Å². The number of amides is 1. The average Bonchev–Trinajstić information content (AvgIpc) is 2.55. The van der Waals surface area contributed by atoms with Crippen LogP contribution in [0.15, 0.2) is 18.2 Å². The van der Waals surface area contributed by atoms with E-state index in [2.05, 4.69) is 0 Å². The topological polar surface area (TPSA) is 46.3 Å². The lowest BCUT2D eigenvalue weighted by molar-refractivity contribution is 0.0768. The molecule has 0 unspecified atom stereocenters. The maximum Gasteiger partial charge on any atom is 0.254 e. The van der Waals surface area contributed by atoms with Crippen molar-refractivity contribution < 1.29 is 9.18 Å². The molecule has 0 radical (unpaired) electrons. The van der Waals surface area contributed by atoms with Gasteiger partial charge in [-0.05, 0) is 30.4 Å². The predicted molar refractivity (Wildman–Crippen MR) is 68.7 cm³/mol. The molecule has 0 atom stereocenters. The Labute approximate surface area is 104 Å². The molecule has 0 spiro atoms. The maximum absolute atomic E-state index is 13.2. The van der Waals surface area contributed by atoms with E-state index in [0.29, 0.717) is 5.56 Å². The molecule has 1 aliphatic rings. The van der Waals surface area contributed by atoms with Crippen LogP contribution in [0.25, 0.3) is 0 Å². The highest BCUT2D eigenvalue weighted by atomic mass is 32.2. The fraction of sp³-hybridized carbons (Fsp3) is 0.417. The van der Waals surface area contributed by atoms with Crippen LogP contribution in [0.2, 0.25) is 0 Å². The monoisotopic (exact) mass is 254 g/mol. The van der Waals surface area contributed by atoms with Crippen molar-refractivity contribution in [3.63, 3.8) is 0 Å². The molecule has 0 bridgehead atoms. The Morgan fingerprint density at radius 2 is 2.12 bits per heavy atom. The quantitative estimate of drug-likeness (QED) is 0.780. The molecule has 1 amide bonds. The molecule has 2 rings (SSSR count). The standard InChI is InChI=1S/C12H15FN2OS/c13-10-6-9(7-11(14)8-10)12(16)15-2-1-4-17-5-3-15/h6-8H,1-5,14H2. The second-order valence-corrected chi connectivity index (χ2v) is 5.26. The molecule has 1 aliphatic heterocycles. The minimum atomic E-state index is -0.461. The lowest BCUT2D eigenvalue weighted by atomic mass is 10.1. The number of nitrogen functional groups attached to an aromatic ring is 1. The third-order valence-electron chi connectivity index (χ3n) is 2.68. The summed E-state index contributed by atoms with van der Waals surface area (Å²) in [6.45, 7) is 1.46. The Kier molecular flexibility index (Phi) is 3.89. The lowest BCUT2D eigenvalue weighted by Gasteiger charge is -2.20. The minimum absolute atomic E-state index is 0.126. The van der Waals surface area contributed by atoms with Crippen LogP contribution in [0.5, 0.6) is 0 Å². The molecule has 1 fully saturated rings. The third-order valence-corrected chi connectivity index (χ3v) is 3.73. The molecular formula is C12H15FN2OS. The number of carbonyl (C=O) groups is 1. The van der Waals surface area contributed by atoms with E-state index in [4.69, 9.17) is 5.73 Å². The van der Waals surface area contributed by atoms with E-state index in [1.807, 2.05) is 11.8 Å². The van der Waals surface area contributed by atoms with Crippen molar-refractivity contribution in [3.8, 4) is 0 Å². The molecule has 92 valence electrons. The summed E-state index contributed by atoms with van der Waals surface area (Å²) in [5.74, 6) is 1.43. The number of halogens is 1. The minimum Gasteiger partial charge on any atom is -0.399 e. The maximum atomic E-state index is 13.2. The number of thioether (sulfide) groups is 1. The molecule has 0 aliphatic carbocycles. The van der Waals surface area contributed by atoms with Gasteiger partial charge in [0.1, 0.15) is 5.82 Å². The average molecular weight is 254 g/mol. The molecule has 3 nitrogen and oxygen atoms in total. The molecule has 1 aromatic rings. The first kappa shape index (κ1) is 12.2. The second kappa shape index (κ2) is 5.40. The predicted octanol–water partition coefficient (Wildman–Crippen LogP) is 1.99. The van der Waals surface area contributed by atoms with Crippen molar-refractivity contribution in [2.45, 2.75) is 6.42 Å². The number of benzene rings is 1. The van der Waals surface area contributed by atoms with Gasteiger partial charge in [0, 0.05) is 30.1 Å². The van der Waals surface area contributed by atoms with Crippen LogP contribution < -0.4 is 5.73 Å². The fourth-order valence-electron chi connectivity index (χ4n) is 1.87. The zero-order valence-electron chi connectivity index (χ0n) is 9.49. The summed E-state index contributed by atoms with van der Waals surface area (Å²) >= 11 is 1.85. The van der Waals surface area contributed by atoms with Gasteiger partial charge in [0.05, 0.1) is 0 Å². The zero-order chi connectivity index (χ0) is 12.3. The number of rotatable bonds is 1. The molecule has 0 aromatic heterocycles. The Morgan fingerprint density at radius 3 is 2.88 bits per heavy atom. The first-order valence-electron chi connectivity index (χ1n) is 5.60. The van der Waals surface area contributed by atoms with Crippen molar-refractivity contribution in [2.75, 3.05) is 30.3 Å². The Morgan fingerprint density at radius 1 is 1.29 bits per heavy atom. The lowest BCUT2D eigenvalue weighted by Crippen LogP contribution is -2.33. The van der Waals surface area contributed by atoms with Crippen LogP contribution in [-0.4, -0.2) is 35.4 Å². The summed E-state index contributed by atoms with van der Waals surface area (Å²) in [5, 5.41) is 0. The van der Waals surface area contributed by atoms with Gasteiger partial charge in [0.2, 0.25) is 0 Å². The van der Waals surface area contributed by atoms with Crippen LogP contribution in [0, 0.1) is 5.82 Å². The van der Waals surface area contributed by atoms with Crippen LogP contribution in [-0.2, 0) is 0 Å². The number of nitrogens with zero attached hydrogens (tertiary/aromatic N) is 1. The summed E-state index contributed by atoms with van der Waals surface area (Å²) in [7, 11) is 0. The summed E-state index contributed by atoms with van der Waals surface area (Å²) in [4.78, 5) is 13.9. The smallest absolute Gasteiger partial charge is 0.254 e. The largest absolute Gasteiger partial charge is 0.399 e. The van der Waals surface area contributed by atoms with Gasteiger partial charge in [-0.3, -0.25) is 4.79 Å². The number of carbonyl (C=O) groups excluding carboxylic acids is 1. The second-order valence-electron chi connectivity index (χ2n) is 4.03. The number of hydrogen-bond donors (Lipinski definition) is 1. The number of hydrogen-bond acceptors (Lipinski definition) is 3. The van der Waals surface area contributed by atoms with E-state index < -0.39 is 5.82 Å². The third kappa shape index (κ3) is 3.12. The highest BCUT2D eigenvalue weighted by Crippen LogP contribution is 2.16. The van der Waals surface area contributed by atoms with Crippen LogP contribution in [0.4, 0.5) is 10.1 Å².